The molecule has 0 unspecified atom stereocenters. The van der Waals surface area contributed by atoms with Crippen LogP contribution in [0.4, 0.5) is 11.5 Å². The number of hydrogen-bond acceptors (Lipinski definition) is 7. The van der Waals surface area contributed by atoms with Crippen LogP contribution in [0.25, 0.3) is 0 Å². The molecule has 0 aliphatic heterocycles. The lowest BCUT2D eigenvalue weighted by Gasteiger charge is -2.14. The highest BCUT2D eigenvalue weighted by Gasteiger charge is 2.12. The van der Waals surface area contributed by atoms with Crippen LogP contribution >= 0.6 is 11.8 Å². The third-order valence-electron chi connectivity index (χ3n) is 4.50. The molecule has 1 aromatic heterocycles. The molecule has 1 amide bonds. The van der Waals surface area contributed by atoms with Crippen molar-refractivity contribution in [3.05, 3.63) is 82.1 Å². The first-order chi connectivity index (χ1) is 15.5. The van der Waals surface area contributed by atoms with E-state index in [1.807, 2.05) is 30.3 Å². The third-order valence-corrected chi connectivity index (χ3v) is 5.48. The Morgan fingerprint density at radius 2 is 1.84 bits per heavy atom. The predicted molar refractivity (Wildman–Crippen MR) is 125 cm³/mol. The normalized spacial score (nSPS) is 10.5. The number of carbonyl (C=O) groups is 2. The van der Waals surface area contributed by atoms with Gasteiger partial charge in [-0.05, 0) is 43.2 Å². The Hall–Kier alpha value is -3.59. The Bertz CT molecular complexity index is 1130. The van der Waals surface area contributed by atoms with E-state index in [-0.39, 0.29) is 11.7 Å². The molecular formula is C23H24N4O4S. The summed E-state index contributed by atoms with van der Waals surface area (Å²) in [6, 6.07) is 17.6. The standard InChI is InChI=1S/C23H24N4O4S/c1-2-31-22(30)17-8-10-18(11-9-17)25-21(29)15-32-23-26-20(28)14-19(24)27(23)13-12-16-6-4-3-5-7-16/h3-11,14H,2,12-13,15,24H2,1H3,(H,25,29). The largest absolute Gasteiger partial charge is 0.462 e. The number of rotatable bonds is 9. The van der Waals surface area contributed by atoms with Crippen molar-refractivity contribution in [2.75, 3.05) is 23.4 Å². The van der Waals surface area contributed by atoms with Gasteiger partial charge >= 0.3 is 5.97 Å². The van der Waals surface area contributed by atoms with E-state index in [4.69, 9.17) is 10.5 Å². The fraction of sp³-hybridized carbons (Fsp3) is 0.217. The number of benzene rings is 2. The van der Waals surface area contributed by atoms with E-state index in [0.29, 0.717) is 41.8 Å². The lowest BCUT2D eigenvalue weighted by molar-refractivity contribution is -0.113. The van der Waals surface area contributed by atoms with Crippen molar-refractivity contribution < 1.29 is 14.3 Å². The number of hydrogen-bond donors (Lipinski definition) is 2. The number of aromatic nitrogens is 2. The smallest absolute Gasteiger partial charge is 0.338 e. The number of nitrogens with zero attached hydrogens (tertiary/aromatic N) is 2. The van der Waals surface area contributed by atoms with E-state index in [2.05, 4.69) is 10.3 Å². The third kappa shape index (κ3) is 6.45. The number of nitrogens with one attached hydrogen (secondary N) is 1. The maximum absolute atomic E-state index is 12.4. The van der Waals surface area contributed by atoms with Gasteiger partial charge in [0.25, 0.3) is 5.56 Å². The highest BCUT2D eigenvalue weighted by Crippen LogP contribution is 2.19. The van der Waals surface area contributed by atoms with Crippen molar-refractivity contribution in [3.63, 3.8) is 0 Å². The van der Waals surface area contributed by atoms with Gasteiger partial charge in [-0.15, -0.1) is 0 Å². The fourth-order valence-electron chi connectivity index (χ4n) is 2.95. The summed E-state index contributed by atoms with van der Waals surface area (Å²) >= 11 is 1.14. The summed E-state index contributed by atoms with van der Waals surface area (Å²) in [5.41, 5.74) is 7.68. The SMILES string of the molecule is CCOC(=O)c1ccc(NC(=O)CSc2nc(=O)cc(N)n2CCc2ccccc2)cc1. The minimum absolute atomic E-state index is 0.0425. The molecular weight excluding hydrogens is 428 g/mol. The van der Waals surface area contributed by atoms with Crippen LogP contribution in [-0.2, 0) is 22.5 Å². The first-order valence-electron chi connectivity index (χ1n) is 10.1. The van der Waals surface area contributed by atoms with Crippen molar-refractivity contribution in [2.45, 2.75) is 25.0 Å². The average molecular weight is 453 g/mol. The number of carbonyl (C=O) groups excluding carboxylic acids is 2. The molecule has 0 spiro atoms. The highest BCUT2D eigenvalue weighted by molar-refractivity contribution is 7.99. The van der Waals surface area contributed by atoms with E-state index >= 15 is 0 Å². The number of esters is 1. The van der Waals surface area contributed by atoms with Crippen molar-refractivity contribution in [1.82, 2.24) is 9.55 Å². The van der Waals surface area contributed by atoms with E-state index in [1.165, 1.54) is 6.07 Å². The van der Waals surface area contributed by atoms with Crippen LogP contribution in [0.3, 0.4) is 0 Å². The van der Waals surface area contributed by atoms with E-state index < -0.39 is 11.5 Å². The summed E-state index contributed by atoms with van der Waals surface area (Å²) in [5.74, 6) is -0.341. The molecule has 0 saturated heterocycles. The fourth-order valence-corrected chi connectivity index (χ4v) is 3.79. The highest BCUT2D eigenvalue weighted by atomic mass is 32.2. The first kappa shape index (κ1) is 23.1. The van der Waals surface area contributed by atoms with Gasteiger partial charge < -0.3 is 20.4 Å². The molecule has 0 saturated carbocycles. The Labute approximate surface area is 189 Å². The molecule has 0 aliphatic carbocycles. The number of anilines is 2. The number of amides is 1. The molecule has 3 N–H and O–H groups in total. The predicted octanol–water partition coefficient (Wildman–Crippen LogP) is 2.98. The molecule has 0 atom stereocenters. The van der Waals surface area contributed by atoms with Gasteiger partial charge in [-0.1, -0.05) is 42.1 Å². The minimum atomic E-state index is -0.448. The maximum atomic E-state index is 12.4. The Morgan fingerprint density at radius 1 is 1.12 bits per heavy atom. The number of thioether (sulfide) groups is 1. The lowest BCUT2D eigenvalue weighted by atomic mass is 10.1. The first-order valence-corrected chi connectivity index (χ1v) is 11.1. The molecule has 9 heteroatoms. The average Bonchev–Trinajstić information content (AvgIpc) is 2.78. The molecule has 3 aromatic rings. The van der Waals surface area contributed by atoms with E-state index in [1.54, 1.807) is 35.8 Å². The molecule has 3 rings (SSSR count). The van der Waals surface area contributed by atoms with Crippen LogP contribution in [0.5, 0.6) is 0 Å². The summed E-state index contributed by atoms with van der Waals surface area (Å²) in [7, 11) is 0. The molecule has 8 nitrogen and oxygen atoms in total. The molecule has 32 heavy (non-hydrogen) atoms. The topological polar surface area (TPSA) is 116 Å². The van der Waals surface area contributed by atoms with Crippen molar-refractivity contribution >= 4 is 35.1 Å². The van der Waals surface area contributed by atoms with Crippen LogP contribution < -0.4 is 16.6 Å². The van der Waals surface area contributed by atoms with Crippen LogP contribution in [-0.4, -0.2) is 33.8 Å². The van der Waals surface area contributed by atoms with Crippen molar-refractivity contribution in [1.29, 1.82) is 0 Å². The summed E-state index contributed by atoms with van der Waals surface area (Å²) in [6.07, 6.45) is 0.710. The van der Waals surface area contributed by atoms with E-state index in [9.17, 15) is 14.4 Å². The number of ether oxygens (including phenoxy) is 1. The molecule has 2 aromatic carbocycles. The lowest BCUT2D eigenvalue weighted by Crippen LogP contribution is -2.20. The van der Waals surface area contributed by atoms with Gasteiger partial charge in [-0.25, -0.2) is 4.79 Å². The minimum Gasteiger partial charge on any atom is -0.462 e. The summed E-state index contributed by atoms with van der Waals surface area (Å²) in [5, 5.41) is 3.15. The van der Waals surface area contributed by atoms with Gasteiger partial charge in [0.15, 0.2) is 5.16 Å². The number of nitrogens with two attached hydrogens (primary N) is 1. The van der Waals surface area contributed by atoms with Crippen LogP contribution in [0.15, 0.2) is 70.6 Å². The molecule has 0 bridgehead atoms. The zero-order chi connectivity index (χ0) is 22.9. The zero-order valence-corrected chi connectivity index (χ0v) is 18.4. The summed E-state index contributed by atoms with van der Waals surface area (Å²) in [4.78, 5) is 40.0. The Balaban J connectivity index is 1.62. The number of aryl methyl sites for hydroxylation is 1. The molecule has 1 heterocycles. The molecule has 0 aliphatic rings. The molecule has 0 radical (unpaired) electrons. The second-order valence-electron chi connectivity index (χ2n) is 6.82. The van der Waals surface area contributed by atoms with E-state index in [0.717, 1.165) is 17.3 Å². The second-order valence-corrected chi connectivity index (χ2v) is 7.77. The Morgan fingerprint density at radius 3 is 2.53 bits per heavy atom. The summed E-state index contributed by atoms with van der Waals surface area (Å²) < 4.78 is 6.68. The van der Waals surface area contributed by atoms with Gasteiger partial charge in [0, 0.05) is 18.3 Å². The van der Waals surface area contributed by atoms with Gasteiger partial charge in [0.05, 0.1) is 17.9 Å². The van der Waals surface area contributed by atoms with Crippen LogP contribution in [0.2, 0.25) is 0 Å². The maximum Gasteiger partial charge on any atom is 0.338 e. The Kier molecular flexibility index (Phi) is 8.04. The molecule has 166 valence electrons. The van der Waals surface area contributed by atoms with Crippen LogP contribution in [0, 0.1) is 0 Å². The zero-order valence-electron chi connectivity index (χ0n) is 17.6. The van der Waals surface area contributed by atoms with Crippen molar-refractivity contribution in [3.8, 4) is 0 Å². The summed E-state index contributed by atoms with van der Waals surface area (Å²) in [6.45, 7) is 2.56. The van der Waals surface area contributed by atoms with Gasteiger partial charge in [-0.3, -0.25) is 9.59 Å². The van der Waals surface area contributed by atoms with Gasteiger partial charge in [-0.2, -0.15) is 4.98 Å². The molecule has 0 fully saturated rings. The van der Waals surface area contributed by atoms with Gasteiger partial charge in [0.1, 0.15) is 5.82 Å². The second kappa shape index (κ2) is 11.1. The number of nitrogen functional groups attached to an aromatic ring is 1. The quantitative estimate of drug-likeness (QED) is 0.291. The monoisotopic (exact) mass is 452 g/mol. The van der Waals surface area contributed by atoms with Gasteiger partial charge in [0.2, 0.25) is 5.91 Å². The van der Waals surface area contributed by atoms with Crippen LogP contribution in [0.1, 0.15) is 22.8 Å². The van der Waals surface area contributed by atoms with Crippen molar-refractivity contribution in [2.24, 2.45) is 0 Å².